The predicted molar refractivity (Wildman–Crippen MR) is 136 cm³/mol. The molecule has 0 aliphatic carbocycles. The lowest BCUT2D eigenvalue weighted by Gasteiger charge is -2.14. The van der Waals surface area contributed by atoms with Gasteiger partial charge in [-0.15, -0.1) is 0 Å². The van der Waals surface area contributed by atoms with Crippen molar-refractivity contribution >= 4 is 8.25 Å². The molecule has 0 heterocycles. The van der Waals surface area contributed by atoms with Gasteiger partial charge in [0.15, 0.2) is 11.5 Å². The summed E-state index contributed by atoms with van der Waals surface area (Å²) in [6.45, 7) is 9.02. The van der Waals surface area contributed by atoms with Crippen LogP contribution in [0.2, 0.25) is 0 Å². The average molecular weight is 458 g/mol. The van der Waals surface area contributed by atoms with Crippen molar-refractivity contribution in [3.8, 4) is 11.5 Å². The fraction of sp³-hybridized carbons (Fsp3) is 0.571. The highest BCUT2D eigenvalue weighted by atomic mass is 31.1. The van der Waals surface area contributed by atoms with E-state index in [9.17, 15) is 4.57 Å². The van der Waals surface area contributed by atoms with E-state index >= 15 is 0 Å². The van der Waals surface area contributed by atoms with Gasteiger partial charge in [-0.2, -0.15) is 0 Å². The zero-order valence-corrected chi connectivity index (χ0v) is 21.4. The quantitative estimate of drug-likeness (QED) is 0.236. The molecule has 0 N–H and O–H groups in total. The molecular weight excluding hydrogens is 415 g/mol. The summed E-state index contributed by atoms with van der Waals surface area (Å²) in [5.74, 6) is 2.61. The van der Waals surface area contributed by atoms with Crippen LogP contribution in [0.25, 0.3) is 0 Å². The van der Waals surface area contributed by atoms with Crippen LogP contribution in [-0.2, 0) is 17.4 Å². The van der Waals surface area contributed by atoms with Gasteiger partial charge in [-0.3, -0.25) is 0 Å². The maximum absolute atomic E-state index is 12.3. The highest BCUT2D eigenvalue weighted by molar-refractivity contribution is 7.34. The van der Waals surface area contributed by atoms with E-state index in [-0.39, 0.29) is 0 Å². The minimum Gasteiger partial charge on any atom is -0.222 e. The SMILES string of the molecule is CCCCC(CC)Cc1ccc(O[P+](=O)Oc2ccc(CC(CC)CCCC)cc2)cc1. The molecule has 32 heavy (non-hydrogen) atoms. The van der Waals surface area contributed by atoms with Crippen LogP contribution in [0.1, 0.15) is 90.2 Å². The second kappa shape index (κ2) is 15.1. The highest BCUT2D eigenvalue weighted by Gasteiger charge is 2.24. The van der Waals surface area contributed by atoms with Crippen molar-refractivity contribution in [3.05, 3.63) is 59.7 Å². The smallest absolute Gasteiger partial charge is 0.222 e. The van der Waals surface area contributed by atoms with Crippen molar-refractivity contribution in [1.82, 2.24) is 0 Å². The van der Waals surface area contributed by atoms with Crippen LogP contribution in [0.3, 0.4) is 0 Å². The lowest BCUT2D eigenvalue weighted by Crippen LogP contribution is -2.03. The monoisotopic (exact) mass is 457 g/mol. The Bertz CT molecular complexity index is 705. The maximum Gasteiger partial charge on any atom is 0.805 e. The summed E-state index contributed by atoms with van der Waals surface area (Å²) in [5, 5.41) is 0. The lowest BCUT2D eigenvalue weighted by atomic mass is 9.92. The van der Waals surface area contributed by atoms with Crippen LogP contribution in [0.15, 0.2) is 48.5 Å². The van der Waals surface area contributed by atoms with Gasteiger partial charge < -0.3 is 0 Å². The molecule has 176 valence electrons. The predicted octanol–water partition coefficient (Wildman–Crippen LogP) is 9.32. The van der Waals surface area contributed by atoms with Crippen LogP contribution in [0, 0.1) is 11.8 Å². The number of unbranched alkanes of at least 4 members (excludes halogenated alkanes) is 2. The van der Waals surface area contributed by atoms with Crippen molar-refractivity contribution in [2.45, 2.75) is 91.9 Å². The molecule has 0 aromatic heterocycles. The molecule has 0 fully saturated rings. The molecule has 2 atom stereocenters. The second-order valence-corrected chi connectivity index (χ2v) is 9.75. The first kappa shape index (κ1) is 26.4. The van der Waals surface area contributed by atoms with Gasteiger partial charge in [0.2, 0.25) is 0 Å². The van der Waals surface area contributed by atoms with Crippen LogP contribution < -0.4 is 9.05 Å². The summed E-state index contributed by atoms with van der Waals surface area (Å²) in [6, 6.07) is 15.9. The zero-order chi connectivity index (χ0) is 23.2. The van der Waals surface area contributed by atoms with E-state index in [1.54, 1.807) is 0 Å². The topological polar surface area (TPSA) is 35.5 Å². The van der Waals surface area contributed by atoms with Crippen molar-refractivity contribution < 1.29 is 13.6 Å². The van der Waals surface area contributed by atoms with E-state index in [1.165, 1.54) is 62.5 Å². The van der Waals surface area contributed by atoms with Crippen LogP contribution in [0.5, 0.6) is 11.5 Å². The number of hydrogen-bond acceptors (Lipinski definition) is 3. The van der Waals surface area contributed by atoms with Gasteiger partial charge in [0.25, 0.3) is 0 Å². The van der Waals surface area contributed by atoms with Gasteiger partial charge in [0, 0.05) is 4.57 Å². The summed E-state index contributed by atoms with van der Waals surface area (Å²) >= 11 is 0. The van der Waals surface area contributed by atoms with Gasteiger partial charge in [-0.25, -0.2) is 9.05 Å². The van der Waals surface area contributed by atoms with Crippen molar-refractivity contribution in [2.75, 3.05) is 0 Å². The Kier molecular flexibility index (Phi) is 12.4. The number of benzene rings is 2. The molecule has 0 aliphatic heterocycles. The third-order valence-corrected chi connectivity index (χ3v) is 7.06. The van der Waals surface area contributed by atoms with Gasteiger partial charge in [0.05, 0.1) is 0 Å². The van der Waals surface area contributed by atoms with Gasteiger partial charge >= 0.3 is 8.25 Å². The molecule has 0 aliphatic rings. The van der Waals surface area contributed by atoms with Crippen LogP contribution in [-0.4, -0.2) is 0 Å². The first-order valence-corrected chi connectivity index (χ1v) is 13.7. The van der Waals surface area contributed by atoms with Crippen molar-refractivity contribution in [2.24, 2.45) is 11.8 Å². The second-order valence-electron chi connectivity index (χ2n) is 8.94. The fourth-order valence-corrected chi connectivity index (χ4v) is 4.74. The molecule has 0 radical (unpaired) electrons. The molecule has 2 aromatic carbocycles. The van der Waals surface area contributed by atoms with Crippen molar-refractivity contribution in [3.63, 3.8) is 0 Å². The normalized spacial score (nSPS) is 13.4. The largest absolute Gasteiger partial charge is 0.805 e. The molecule has 0 saturated heterocycles. The van der Waals surface area contributed by atoms with E-state index in [2.05, 4.69) is 52.0 Å². The Balaban J connectivity index is 1.83. The Morgan fingerprint density at radius 1 is 0.656 bits per heavy atom. The summed E-state index contributed by atoms with van der Waals surface area (Å²) in [6.07, 6.45) is 12.2. The molecule has 0 bridgehead atoms. The Hall–Kier alpha value is -1.86. The first-order valence-electron chi connectivity index (χ1n) is 12.6. The molecule has 4 heteroatoms. The van der Waals surface area contributed by atoms with Gasteiger partial charge in [0.1, 0.15) is 0 Å². The molecule has 3 nitrogen and oxygen atoms in total. The van der Waals surface area contributed by atoms with E-state index in [0.29, 0.717) is 11.5 Å². The summed E-state index contributed by atoms with van der Waals surface area (Å²) in [5.41, 5.74) is 2.60. The molecule has 0 amide bonds. The third kappa shape index (κ3) is 9.74. The van der Waals surface area contributed by atoms with Crippen LogP contribution >= 0.6 is 8.25 Å². The molecule has 0 spiro atoms. The summed E-state index contributed by atoms with van der Waals surface area (Å²) < 4.78 is 23.4. The van der Waals surface area contributed by atoms with E-state index in [4.69, 9.17) is 9.05 Å². The fourth-order valence-electron chi connectivity index (χ4n) is 4.12. The highest BCUT2D eigenvalue weighted by Crippen LogP contribution is 2.31. The number of hydrogen-bond donors (Lipinski definition) is 0. The Labute approximate surface area is 196 Å². The molecular formula is C28H42O3P+. The average Bonchev–Trinajstić information content (AvgIpc) is 2.81. The minimum absolute atomic E-state index is 0.579. The van der Waals surface area contributed by atoms with Crippen LogP contribution in [0.4, 0.5) is 0 Å². The van der Waals surface area contributed by atoms with Gasteiger partial charge in [-0.1, -0.05) is 103 Å². The van der Waals surface area contributed by atoms with E-state index in [0.717, 1.165) is 24.7 Å². The lowest BCUT2D eigenvalue weighted by molar-refractivity contribution is 0.415. The van der Waals surface area contributed by atoms with Crippen molar-refractivity contribution in [1.29, 1.82) is 0 Å². The zero-order valence-electron chi connectivity index (χ0n) is 20.5. The Morgan fingerprint density at radius 3 is 1.34 bits per heavy atom. The molecule has 2 rings (SSSR count). The molecule has 2 unspecified atom stereocenters. The summed E-state index contributed by atoms with van der Waals surface area (Å²) in [7, 11) is -2.26. The standard InChI is InChI=1S/C28H42O3P/c1-5-9-11-23(7-3)21-25-13-17-27(18-14-25)30-32(29)31-28-19-15-26(16-20-28)22-24(8-4)12-10-6-2/h13-20,23-24H,5-12,21-22H2,1-4H3/q+1. The minimum atomic E-state index is -2.26. The maximum atomic E-state index is 12.3. The number of rotatable bonds is 16. The first-order chi connectivity index (χ1) is 15.6. The van der Waals surface area contributed by atoms with E-state index in [1.807, 2.05) is 24.3 Å². The Morgan fingerprint density at radius 2 is 1.03 bits per heavy atom. The van der Waals surface area contributed by atoms with Gasteiger partial charge in [-0.05, 0) is 60.1 Å². The third-order valence-electron chi connectivity index (χ3n) is 6.34. The molecule has 0 saturated carbocycles. The molecule has 2 aromatic rings. The van der Waals surface area contributed by atoms with E-state index < -0.39 is 8.25 Å². The summed E-state index contributed by atoms with van der Waals surface area (Å²) in [4.78, 5) is 0.